The summed E-state index contributed by atoms with van der Waals surface area (Å²) in [5, 5.41) is 19.2. The lowest BCUT2D eigenvalue weighted by Crippen LogP contribution is -2.43. The quantitative estimate of drug-likeness (QED) is 0.611. The molecule has 3 atom stereocenters. The van der Waals surface area contributed by atoms with Gasteiger partial charge in [0, 0.05) is 32.7 Å². The van der Waals surface area contributed by atoms with Crippen LogP contribution in [-0.2, 0) is 10.0 Å². The van der Waals surface area contributed by atoms with Crippen LogP contribution in [0.5, 0.6) is 5.75 Å². The van der Waals surface area contributed by atoms with E-state index in [1.807, 2.05) is 13.0 Å². The number of nitrogens with zero attached hydrogens (tertiary/aromatic N) is 3. The number of aliphatic hydroxyl groups excluding tert-OH is 1. The first-order chi connectivity index (χ1) is 16.2. The van der Waals surface area contributed by atoms with Crippen molar-refractivity contribution < 1.29 is 23.1 Å². The van der Waals surface area contributed by atoms with Crippen LogP contribution in [0.1, 0.15) is 11.1 Å². The number of ether oxygens (including phenoxy) is 1. The maximum absolute atomic E-state index is 12.6. The molecule has 0 aromatic heterocycles. The number of hydrogen-bond donors (Lipinski definition) is 2. The van der Waals surface area contributed by atoms with E-state index in [1.165, 1.54) is 12.1 Å². The van der Waals surface area contributed by atoms with Gasteiger partial charge in [0.05, 0.1) is 16.5 Å². The number of hydrogen-bond acceptors (Lipinski definition) is 7. The number of nitriles is 1. The van der Waals surface area contributed by atoms with Crippen molar-refractivity contribution in [2.24, 2.45) is 11.8 Å². The number of benzene rings is 2. The Hall–Kier alpha value is -3.13. The molecule has 2 amide bonds. The van der Waals surface area contributed by atoms with Gasteiger partial charge in [-0.2, -0.15) is 5.26 Å². The maximum atomic E-state index is 12.6. The number of carbonyl (C=O) groups is 1. The number of aryl methyl sites for hydroxylation is 1. The number of β-amino-alcohol motifs (C(OH)–C–C–N with tert-alkyl or cyclic N) is 1. The summed E-state index contributed by atoms with van der Waals surface area (Å²) < 4.78 is 32.8. The number of aliphatic hydroxyl groups is 1. The summed E-state index contributed by atoms with van der Waals surface area (Å²) in [5.74, 6) is 1.07. The van der Waals surface area contributed by atoms with Gasteiger partial charge in [0.2, 0.25) is 0 Å². The molecular weight excluding hydrogens is 456 g/mol. The summed E-state index contributed by atoms with van der Waals surface area (Å²) in [6.45, 7) is 4.88. The van der Waals surface area contributed by atoms with Gasteiger partial charge in [-0.25, -0.2) is 17.9 Å². The second-order valence-corrected chi connectivity index (χ2v) is 10.7. The lowest BCUT2D eigenvalue weighted by atomic mass is 10.0. The summed E-state index contributed by atoms with van der Waals surface area (Å²) in [7, 11) is -3.91. The van der Waals surface area contributed by atoms with Crippen LogP contribution >= 0.6 is 0 Å². The Balaban J connectivity index is 1.22. The second-order valence-electron chi connectivity index (χ2n) is 8.97. The normalized spacial score (nSPS) is 21.0. The van der Waals surface area contributed by atoms with Gasteiger partial charge in [-0.1, -0.05) is 17.7 Å². The first kappa shape index (κ1) is 24.0. The molecule has 34 heavy (non-hydrogen) atoms. The third kappa shape index (κ3) is 5.67. The van der Waals surface area contributed by atoms with Crippen molar-refractivity contribution in [3.8, 4) is 11.8 Å². The van der Waals surface area contributed by atoms with Crippen molar-refractivity contribution in [3.63, 3.8) is 0 Å². The van der Waals surface area contributed by atoms with E-state index < -0.39 is 22.2 Å². The highest BCUT2D eigenvalue weighted by Crippen LogP contribution is 2.31. The Morgan fingerprint density at radius 3 is 2.32 bits per heavy atom. The molecule has 9 nitrogen and oxygen atoms in total. The SMILES string of the molecule is Cc1ccc(S(=O)(=O)NC(=O)N2CC3CN(C[C@H](O)COc4ccc(C#N)cc4)CC3C2)cc1. The van der Waals surface area contributed by atoms with Crippen molar-refractivity contribution >= 4 is 16.1 Å². The number of carbonyl (C=O) groups excluding carboxylic acids is 1. The average molecular weight is 485 g/mol. The summed E-state index contributed by atoms with van der Waals surface area (Å²) in [5.41, 5.74) is 1.49. The Morgan fingerprint density at radius 2 is 1.74 bits per heavy atom. The average Bonchev–Trinajstić information content (AvgIpc) is 3.37. The Kier molecular flexibility index (Phi) is 7.07. The summed E-state index contributed by atoms with van der Waals surface area (Å²) in [6.07, 6.45) is -0.673. The van der Waals surface area contributed by atoms with Crippen molar-refractivity contribution in [3.05, 3.63) is 59.7 Å². The van der Waals surface area contributed by atoms with Crippen LogP contribution < -0.4 is 9.46 Å². The van der Waals surface area contributed by atoms with Gasteiger partial charge < -0.3 is 14.7 Å². The third-order valence-corrected chi connectivity index (χ3v) is 7.63. The molecule has 10 heteroatoms. The fraction of sp³-hybridized carbons (Fsp3) is 0.417. The van der Waals surface area contributed by atoms with Crippen LogP contribution in [0.15, 0.2) is 53.4 Å². The Morgan fingerprint density at radius 1 is 1.12 bits per heavy atom. The summed E-state index contributed by atoms with van der Waals surface area (Å²) >= 11 is 0. The minimum absolute atomic E-state index is 0.0641. The first-order valence-electron chi connectivity index (χ1n) is 11.2. The molecular formula is C24H28N4O5S. The zero-order valence-corrected chi connectivity index (χ0v) is 19.7. The molecule has 2 saturated heterocycles. The molecule has 2 aromatic rings. The van der Waals surface area contributed by atoms with Gasteiger partial charge in [0.1, 0.15) is 18.5 Å². The highest BCUT2D eigenvalue weighted by Gasteiger charge is 2.42. The Bertz CT molecular complexity index is 1150. The molecule has 0 bridgehead atoms. The van der Waals surface area contributed by atoms with Crippen LogP contribution in [0.25, 0.3) is 0 Å². The number of sulfonamides is 1. The van der Waals surface area contributed by atoms with Gasteiger partial charge in [0.15, 0.2) is 0 Å². The molecule has 2 aliphatic rings. The summed E-state index contributed by atoms with van der Waals surface area (Å²) in [4.78, 5) is 16.4. The number of fused-ring (bicyclic) bond motifs is 1. The van der Waals surface area contributed by atoms with Gasteiger partial charge in [-0.3, -0.25) is 4.90 Å². The van der Waals surface area contributed by atoms with Crippen LogP contribution in [0.2, 0.25) is 0 Å². The molecule has 2 aliphatic heterocycles. The van der Waals surface area contributed by atoms with Crippen LogP contribution in [0.4, 0.5) is 4.79 Å². The van der Waals surface area contributed by atoms with Gasteiger partial charge in [-0.15, -0.1) is 0 Å². The minimum Gasteiger partial charge on any atom is -0.491 e. The predicted molar refractivity (Wildman–Crippen MR) is 125 cm³/mol. The fourth-order valence-corrected chi connectivity index (χ4v) is 5.50. The zero-order valence-electron chi connectivity index (χ0n) is 18.9. The molecule has 2 unspecified atom stereocenters. The molecule has 0 saturated carbocycles. The van der Waals surface area contributed by atoms with E-state index in [0.717, 1.165) is 18.7 Å². The van der Waals surface area contributed by atoms with E-state index in [9.17, 15) is 18.3 Å². The summed E-state index contributed by atoms with van der Waals surface area (Å²) in [6, 6.07) is 14.5. The van der Waals surface area contributed by atoms with Gasteiger partial charge in [-0.05, 0) is 55.2 Å². The van der Waals surface area contributed by atoms with E-state index >= 15 is 0 Å². The maximum Gasteiger partial charge on any atom is 0.331 e. The molecule has 180 valence electrons. The second kappa shape index (κ2) is 10.0. The highest BCUT2D eigenvalue weighted by molar-refractivity contribution is 7.90. The molecule has 2 fully saturated rings. The molecule has 0 spiro atoms. The predicted octanol–water partition coefficient (Wildman–Crippen LogP) is 1.57. The standard InChI is InChI=1S/C24H28N4O5S/c1-17-2-8-23(9-3-17)34(31,32)26-24(30)28-13-19-11-27(12-20(19)14-28)15-21(29)16-33-22-6-4-18(10-25)5-7-22/h2-9,19-21,29H,11-16H2,1H3,(H,26,30)/t19?,20?,21-/m0/s1. The van der Waals surface area contributed by atoms with Crippen molar-refractivity contribution in [1.29, 1.82) is 5.26 Å². The number of rotatable bonds is 7. The largest absolute Gasteiger partial charge is 0.491 e. The molecule has 0 aliphatic carbocycles. The topological polar surface area (TPSA) is 123 Å². The first-order valence-corrected chi connectivity index (χ1v) is 12.6. The molecule has 4 rings (SSSR count). The lowest BCUT2D eigenvalue weighted by molar-refractivity contribution is 0.0725. The molecule has 0 radical (unpaired) electrons. The number of nitrogens with one attached hydrogen (secondary N) is 1. The van der Waals surface area contributed by atoms with Crippen LogP contribution in [0.3, 0.4) is 0 Å². The van der Waals surface area contributed by atoms with E-state index in [1.54, 1.807) is 41.3 Å². The van der Waals surface area contributed by atoms with Crippen LogP contribution in [0, 0.1) is 30.1 Å². The number of likely N-dealkylation sites (tertiary alicyclic amines) is 2. The van der Waals surface area contributed by atoms with Crippen LogP contribution in [-0.4, -0.2) is 74.8 Å². The molecule has 2 N–H and O–H groups in total. The van der Waals surface area contributed by atoms with Crippen molar-refractivity contribution in [2.75, 3.05) is 39.3 Å². The van der Waals surface area contributed by atoms with Gasteiger partial charge >= 0.3 is 6.03 Å². The van der Waals surface area contributed by atoms with E-state index in [0.29, 0.717) is 30.9 Å². The van der Waals surface area contributed by atoms with Crippen molar-refractivity contribution in [1.82, 2.24) is 14.5 Å². The van der Waals surface area contributed by atoms with E-state index in [-0.39, 0.29) is 23.3 Å². The smallest absolute Gasteiger partial charge is 0.331 e. The van der Waals surface area contributed by atoms with Crippen molar-refractivity contribution in [2.45, 2.75) is 17.9 Å². The number of amides is 2. The lowest BCUT2D eigenvalue weighted by Gasteiger charge is -2.23. The third-order valence-electron chi connectivity index (χ3n) is 6.30. The Labute approximate surface area is 199 Å². The fourth-order valence-electron chi connectivity index (χ4n) is 4.53. The number of urea groups is 1. The highest BCUT2D eigenvalue weighted by atomic mass is 32.2. The van der Waals surface area contributed by atoms with E-state index in [2.05, 4.69) is 9.62 Å². The van der Waals surface area contributed by atoms with Gasteiger partial charge in [0.25, 0.3) is 10.0 Å². The molecule has 2 aromatic carbocycles. The minimum atomic E-state index is -3.91. The zero-order chi connectivity index (χ0) is 24.3. The van der Waals surface area contributed by atoms with E-state index in [4.69, 9.17) is 10.00 Å². The molecule has 2 heterocycles. The monoisotopic (exact) mass is 484 g/mol.